The van der Waals surface area contributed by atoms with Gasteiger partial charge < -0.3 is 14.2 Å². The summed E-state index contributed by atoms with van der Waals surface area (Å²) in [6, 6.07) is 13.3. The molecular weight excluding hydrogens is 344 g/mol. The van der Waals surface area contributed by atoms with Crippen LogP contribution in [0, 0.1) is 0 Å². The first-order valence-corrected chi connectivity index (χ1v) is 9.18. The van der Waals surface area contributed by atoms with Gasteiger partial charge in [0, 0.05) is 0 Å². The molecular formula is C21H24N2O4. The van der Waals surface area contributed by atoms with Crippen molar-refractivity contribution in [3.63, 3.8) is 0 Å². The second-order valence-corrected chi connectivity index (χ2v) is 6.23. The number of hydrazone groups is 1. The molecule has 0 radical (unpaired) electrons. The van der Waals surface area contributed by atoms with Gasteiger partial charge in [-0.2, -0.15) is 5.10 Å². The molecule has 1 N–H and O–H groups in total. The molecule has 0 atom stereocenters. The van der Waals surface area contributed by atoms with Gasteiger partial charge in [0.1, 0.15) is 19.0 Å². The summed E-state index contributed by atoms with van der Waals surface area (Å²) in [4.78, 5) is 11.9. The van der Waals surface area contributed by atoms with Gasteiger partial charge in [-0.15, -0.1) is 0 Å². The van der Waals surface area contributed by atoms with Gasteiger partial charge >= 0.3 is 0 Å². The number of hydrogen-bond donors (Lipinski definition) is 1. The molecule has 2 aromatic rings. The highest BCUT2D eigenvalue weighted by atomic mass is 16.6. The largest absolute Gasteiger partial charge is 0.486 e. The molecule has 0 fully saturated rings. The maximum Gasteiger partial charge on any atom is 0.277 e. The van der Waals surface area contributed by atoms with E-state index in [4.69, 9.17) is 14.2 Å². The molecule has 1 heterocycles. The topological polar surface area (TPSA) is 69.2 Å². The second-order valence-electron chi connectivity index (χ2n) is 6.23. The van der Waals surface area contributed by atoms with Gasteiger partial charge in [-0.05, 0) is 54.3 Å². The molecule has 6 heteroatoms. The maximum atomic E-state index is 11.9. The van der Waals surface area contributed by atoms with E-state index in [1.54, 1.807) is 6.21 Å². The van der Waals surface area contributed by atoms with Crippen molar-refractivity contribution in [2.24, 2.45) is 5.10 Å². The first-order valence-electron chi connectivity index (χ1n) is 9.18. The van der Waals surface area contributed by atoms with Crippen LogP contribution in [0.15, 0.2) is 47.6 Å². The minimum atomic E-state index is -0.321. The third-order valence-electron chi connectivity index (χ3n) is 4.08. The van der Waals surface area contributed by atoms with Crippen molar-refractivity contribution in [3.05, 3.63) is 53.6 Å². The summed E-state index contributed by atoms with van der Waals surface area (Å²) in [6.07, 6.45) is 4.96. The Morgan fingerprint density at radius 3 is 2.70 bits per heavy atom. The molecule has 1 amide bonds. The highest BCUT2D eigenvalue weighted by Crippen LogP contribution is 2.30. The Morgan fingerprint density at radius 2 is 1.93 bits per heavy atom. The minimum Gasteiger partial charge on any atom is -0.486 e. The molecule has 0 aromatic heterocycles. The van der Waals surface area contributed by atoms with Crippen molar-refractivity contribution < 1.29 is 19.0 Å². The van der Waals surface area contributed by atoms with E-state index in [2.05, 4.69) is 17.5 Å². The SMILES string of the molecule is CCCCc1ccc(OCC(=O)N/N=C\c2ccc3c(c2)OCCO3)cc1. The van der Waals surface area contributed by atoms with Crippen LogP contribution in [0.4, 0.5) is 0 Å². The predicted molar refractivity (Wildman–Crippen MR) is 104 cm³/mol. The quantitative estimate of drug-likeness (QED) is 0.573. The Hall–Kier alpha value is -3.02. The first-order chi connectivity index (χ1) is 13.2. The van der Waals surface area contributed by atoms with Gasteiger partial charge in [0.25, 0.3) is 5.91 Å². The fraction of sp³-hybridized carbons (Fsp3) is 0.333. The number of rotatable bonds is 8. The molecule has 2 aromatic carbocycles. The summed E-state index contributed by atoms with van der Waals surface area (Å²) >= 11 is 0. The van der Waals surface area contributed by atoms with E-state index in [0.717, 1.165) is 17.7 Å². The summed E-state index contributed by atoms with van der Waals surface area (Å²) in [6.45, 7) is 3.17. The molecule has 0 unspecified atom stereocenters. The Bertz CT molecular complexity index is 787. The number of benzene rings is 2. The van der Waals surface area contributed by atoms with Crippen LogP contribution in [-0.2, 0) is 11.2 Å². The standard InChI is InChI=1S/C21H24N2O4/c1-2-3-4-16-5-8-18(9-6-16)27-15-21(24)23-22-14-17-7-10-19-20(13-17)26-12-11-25-19/h5-10,13-14H,2-4,11-12,15H2,1H3,(H,23,24)/b22-14-. The maximum absolute atomic E-state index is 11.9. The number of unbranched alkanes of at least 4 members (excludes halogenated alkanes) is 1. The zero-order chi connectivity index (χ0) is 18.9. The number of amides is 1. The number of nitrogens with one attached hydrogen (secondary N) is 1. The number of carbonyl (C=O) groups excluding carboxylic acids is 1. The number of carbonyl (C=O) groups is 1. The van der Waals surface area contributed by atoms with Crippen molar-refractivity contribution in [3.8, 4) is 17.2 Å². The third kappa shape index (κ3) is 5.74. The van der Waals surface area contributed by atoms with E-state index in [1.165, 1.54) is 18.4 Å². The van der Waals surface area contributed by atoms with E-state index in [0.29, 0.717) is 24.7 Å². The van der Waals surface area contributed by atoms with Crippen LogP contribution < -0.4 is 19.6 Å². The van der Waals surface area contributed by atoms with Gasteiger partial charge in [0.2, 0.25) is 0 Å². The average molecular weight is 368 g/mol. The highest BCUT2D eigenvalue weighted by Gasteiger charge is 2.11. The molecule has 1 aliphatic heterocycles. The zero-order valence-electron chi connectivity index (χ0n) is 15.4. The second kappa shape index (κ2) is 9.62. The van der Waals surface area contributed by atoms with E-state index < -0.39 is 0 Å². The van der Waals surface area contributed by atoms with Crippen LogP contribution in [0.3, 0.4) is 0 Å². The van der Waals surface area contributed by atoms with Crippen molar-refractivity contribution in [1.29, 1.82) is 0 Å². The molecule has 0 saturated carbocycles. The van der Waals surface area contributed by atoms with Crippen LogP contribution in [0.25, 0.3) is 0 Å². The molecule has 142 valence electrons. The molecule has 27 heavy (non-hydrogen) atoms. The first kappa shape index (κ1) is 18.8. The fourth-order valence-corrected chi connectivity index (χ4v) is 2.63. The van der Waals surface area contributed by atoms with E-state index in [-0.39, 0.29) is 12.5 Å². The molecule has 0 bridgehead atoms. The molecule has 0 aliphatic carbocycles. The summed E-state index contributed by atoms with van der Waals surface area (Å²) in [7, 11) is 0. The number of hydrogen-bond acceptors (Lipinski definition) is 5. The summed E-state index contributed by atoms with van der Waals surface area (Å²) in [5.74, 6) is 1.75. The molecule has 6 nitrogen and oxygen atoms in total. The normalized spacial score (nSPS) is 12.8. The lowest BCUT2D eigenvalue weighted by Crippen LogP contribution is -2.24. The van der Waals surface area contributed by atoms with Gasteiger partial charge in [-0.25, -0.2) is 5.43 Å². The van der Waals surface area contributed by atoms with Gasteiger partial charge in [0.15, 0.2) is 18.1 Å². The zero-order valence-corrected chi connectivity index (χ0v) is 15.4. The van der Waals surface area contributed by atoms with Crippen molar-refractivity contribution in [2.45, 2.75) is 26.2 Å². The predicted octanol–water partition coefficient (Wildman–Crippen LogP) is 3.33. The summed E-state index contributed by atoms with van der Waals surface area (Å²) in [5.41, 5.74) is 4.54. The van der Waals surface area contributed by atoms with E-state index >= 15 is 0 Å². The van der Waals surface area contributed by atoms with Crippen LogP contribution in [0.2, 0.25) is 0 Å². The summed E-state index contributed by atoms with van der Waals surface area (Å²) < 4.78 is 16.5. The Kier molecular flexibility index (Phi) is 6.68. The minimum absolute atomic E-state index is 0.0905. The van der Waals surface area contributed by atoms with Crippen molar-refractivity contribution in [2.75, 3.05) is 19.8 Å². The number of fused-ring (bicyclic) bond motifs is 1. The van der Waals surface area contributed by atoms with Gasteiger partial charge in [-0.1, -0.05) is 25.5 Å². The van der Waals surface area contributed by atoms with Crippen molar-refractivity contribution >= 4 is 12.1 Å². The lowest BCUT2D eigenvalue weighted by Gasteiger charge is -2.18. The van der Waals surface area contributed by atoms with E-state index in [1.807, 2.05) is 42.5 Å². The molecule has 0 spiro atoms. The molecule has 0 saturated heterocycles. The average Bonchev–Trinajstić information content (AvgIpc) is 2.71. The highest BCUT2D eigenvalue weighted by molar-refractivity contribution is 5.83. The lowest BCUT2D eigenvalue weighted by molar-refractivity contribution is -0.123. The Balaban J connectivity index is 1.43. The fourth-order valence-electron chi connectivity index (χ4n) is 2.63. The van der Waals surface area contributed by atoms with Gasteiger partial charge in [-0.3, -0.25) is 4.79 Å². The Morgan fingerprint density at radius 1 is 1.15 bits per heavy atom. The van der Waals surface area contributed by atoms with Gasteiger partial charge in [0.05, 0.1) is 6.21 Å². The number of ether oxygens (including phenoxy) is 3. The van der Waals surface area contributed by atoms with Crippen LogP contribution in [0.1, 0.15) is 30.9 Å². The third-order valence-corrected chi connectivity index (χ3v) is 4.08. The lowest BCUT2D eigenvalue weighted by atomic mass is 10.1. The van der Waals surface area contributed by atoms with Crippen LogP contribution >= 0.6 is 0 Å². The molecule has 1 aliphatic rings. The summed E-state index contributed by atoms with van der Waals surface area (Å²) in [5, 5.41) is 3.95. The Labute approximate surface area is 159 Å². The molecule has 3 rings (SSSR count). The van der Waals surface area contributed by atoms with Crippen molar-refractivity contribution in [1.82, 2.24) is 5.43 Å². The van der Waals surface area contributed by atoms with E-state index in [9.17, 15) is 4.79 Å². The smallest absolute Gasteiger partial charge is 0.277 e. The number of nitrogens with zero attached hydrogens (tertiary/aromatic N) is 1. The van der Waals surface area contributed by atoms with Crippen LogP contribution in [-0.4, -0.2) is 31.9 Å². The number of aryl methyl sites for hydroxylation is 1. The van der Waals surface area contributed by atoms with Crippen LogP contribution in [0.5, 0.6) is 17.2 Å². The monoisotopic (exact) mass is 368 g/mol.